The van der Waals surface area contributed by atoms with Gasteiger partial charge >= 0.3 is 0 Å². The molecule has 0 N–H and O–H groups in total. The Balaban J connectivity index is 1.29. The third-order valence-electron chi connectivity index (χ3n) is 9.60. The van der Waals surface area contributed by atoms with Crippen LogP contribution in [0.3, 0.4) is 0 Å². The highest BCUT2D eigenvalue weighted by atomic mass is 32.2. The summed E-state index contributed by atoms with van der Waals surface area (Å²) in [4.78, 5) is 5.06. The van der Waals surface area contributed by atoms with E-state index in [0.29, 0.717) is 0 Å². The minimum atomic E-state index is -0.0630. The van der Waals surface area contributed by atoms with Crippen LogP contribution in [0.25, 0.3) is 38.3 Å². The molecule has 0 spiro atoms. The molecule has 0 bridgehead atoms. The molecule has 8 aromatic rings. The summed E-state index contributed by atoms with van der Waals surface area (Å²) in [6.07, 6.45) is 0. The summed E-state index contributed by atoms with van der Waals surface area (Å²) in [6, 6.07) is 57.6. The molecule has 0 aliphatic carbocycles. The van der Waals surface area contributed by atoms with Gasteiger partial charge in [0.25, 0.3) is 0 Å². The van der Waals surface area contributed by atoms with Crippen molar-refractivity contribution in [2.75, 3.05) is 4.90 Å². The van der Waals surface area contributed by atoms with E-state index >= 15 is 0 Å². The minimum Gasteiger partial charge on any atom is -0.310 e. The molecule has 0 atom stereocenters. The summed E-state index contributed by atoms with van der Waals surface area (Å²) in [7, 11) is 0. The molecule has 9 rings (SSSR count). The molecule has 0 saturated heterocycles. The monoisotopic (exact) mass is 608 g/mol. The number of hydrogen-bond acceptors (Lipinski definition) is 2. The van der Waals surface area contributed by atoms with Crippen molar-refractivity contribution in [1.82, 2.24) is 4.57 Å². The quantitative estimate of drug-likeness (QED) is 0.196. The largest absolute Gasteiger partial charge is 0.310 e. The highest BCUT2D eigenvalue weighted by Crippen LogP contribution is 2.51. The molecule has 0 radical (unpaired) electrons. The van der Waals surface area contributed by atoms with E-state index in [0.717, 1.165) is 17.1 Å². The maximum atomic E-state index is 2.41. The van der Waals surface area contributed by atoms with Gasteiger partial charge in [-0.15, -0.1) is 0 Å². The van der Waals surface area contributed by atoms with E-state index in [-0.39, 0.29) is 5.41 Å². The molecule has 0 saturated carbocycles. The molecular formula is C43H32N2S. The lowest BCUT2D eigenvalue weighted by Gasteiger charge is -2.35. The van der Waals surface area contributed by atoms with Crippen LogP contribution in [-0.4, -0.2) is 4.57 Å². The topological polar surface area (TPSA) is 8.17 Å². The van der Waals surface area contributed by atoms with Crippen LogP contribution in [-0.2, 0) is 5.41 Å². The van der Waals surface area contributed by atoms with Gasteiger partial charge in [0.15, 0.2) is 0 Å². The highest BCUT2D eigenvalue weighted by molar-refractivity contribution is 7.99. The number of aromatic nitrogens is 1. The van der Waals surface area contributed by atoms with Crippen LogP contribution in [0.4, 0.5) is 17.1 Å². The van der Waals surface area contributed by atoms with Crippen LogP contribution in [0.5, 0.6) is 0 Å². The Hall–Kier alpha value is -5.25. The molecule has 7 aromatic carbocycles. The van der Waals surface area contributed by atoms with Gasteiger partial charge in [0.1, 0.15) is 0 Å². The maximum absolute atomic E-state index is 2.41. The Morgan fingerprint density at radius 2 is 1.15 bits per heavy atom. The zero-order valence-corrected chi connectivity index (χ0v) is 26.6. The normalized spacial score (nSPS) is 13.5. The van der Waals surface area contributed by atoms with Crippen molar-refractivity contribution in [3.05, 3.63) is 169 Å². The molecule has 1 aromatic heterocycles. The number of rotatable bonds is 4. The lowest BCUT2D eigenvalue weighted by atomic mass is 9.77. The zero-order valence-electron chi connectivity index (χ0n) is 25.8. The van der Waals surface area contributed by atoms with E-state index in [9.17, 15) is 0 Å². The summed E-state index contributed by atoms with van der Waals surface area (Å²) in [5.41, 5.74) is 9.73. The molecule has 2 nitrogen and oxygen atoms in total. The van der Waals surface area contributed by atoms with Crippen LogP contribution in [0, 0.1) is 0 Å². The van der Waals surface area contributed by atoms with Gasteiger partial charge in [-0.2, -0.15) is 0 Å². The molecule has 1 aliphatic heterocycles. The summed E-state index contributed by atoms with van der Waals surface area (Å²) in [6.45, 7) is 4.69. The molecule has 220 valence electrons. The van der Waals surface area contributed by atoms with Crippen molar-refractivity contribution in [1.29, 1.82) is 0 Å². The molecule has 0 amide bonds. The van der Waals surface area contributed by atoms with Crippen molar-refractivity contribution in [3.8, 4) is 5.69 Å². The predicted molar refractivity (Wildman–Crippen MR) is 196 cm³/mol. The second-order valence-electron chi connectivity index (χ2n) is 12.6. The van der Waals surface area contributed by atoms with E-state index in [4.69, 9.17) is 0 Å². The molecule has 0 unspecified atom stereocenters. The van der Waals surface area contributed by atoms with E-state index in [1.54, 1.807) is 0 Å². The van der Waals surface area contributed by atoms with Gasteiger partial charge < -0.3 is 9.47 Å². The molecule has 3 heteroatoms. The van der Waals surface area contributed by atoms with Crippen LogP contribution in [0.2, 0.25) is 0 Å². The molecular weight excluding hydrogens is 577 g/mol. The van der Waals surface area contributed by atoms with E-state index in [1.807, 2.05) is 11.8 Å². The molecule has 46 heavy (non-hydrogen) atoms. The summed E-state index contributed by atoms with van der Waals surface area (Å²) in [5, 5.41) is 5.05. The Bertz CT molecular complexity index is 2420. The van der Waals surface area contributed by atoms with Crippen LogP contribution >= 0.6 is 11.8 Å². The van der Waals surface area contributed by atoms with Crippen molar-refractivity contribution in [2.45, 2.75) is 29.1 Å². The Morgan fingerprint density at radius 3 is 2.00 bits per heavy atom. The Kier molecular flexibility index (Phi) is 6.13. The fourth-order valence-electron chi connectivity index (χ4n) is 7.38. The minimum absolute atomic E-state index is 0.0630. The van der Waals surface area contributed by atoms with Gasteiger partial charge in [0.05, 0.1) is 11.0 Å². The first-order valence-corrected chi connectivity index (χ1v) is 16.7. The first-order valence-electron chi connectivity index (χ1n) is 15.9. The summed E-state index contributed by atoms with van der Waals surface area (Å²) < 4.78 is 2.41. The second-order valence-corrected chi connectivity index (χ2v) is 13.7. The second kappa shape index (κ2) is 10.4. The Morgan fingerprint density at radius 1 is 0.500 bits per heavy atom. The van der Waals surface area contributed by atoms with Crippen molar-refractivity contribution >= 4 is 61.4 Å². The van der Waals surface area contributed by atoms with E-state index in [2.05, 4.69) is 181 Å². The van der Waals surface area contributed by atoms with Gasteiger partial charge in [-0.3, -0.25) is 0 Å². The van der Waals surface area contributed by atoms with Crippen molar-refractivity contribution in [2.24, 2.45) is 0 Å². The predicted octanol–water partition coefficient (Wildman–Crippen LogP) is 12.2. The fraction of sp³-hybridized carbons (Fsp3) is 0.0698. The first-order chi connectivity index (χ1) is 22.6. The number of benzene rings is 7. The van der Waals surface area contributed by atoms with Crippen LogP contribution in [0.15, 0.2) is 168 Å². The van der Waals surface area contributed by atoms with Gasteiger partial charge in [0.2, 0.25) is 0 Å². The van der Waals surface area contributed by atoms with Gasteiger partial charge in [0, 0.05) is 48.7 Å². The van der Waals surface area contributed by atoms with Crippen LogP contribution in [0.1, 0.15) is 25.0 Å². The van der Waals surface area contributed by atoms with E-state index in [1.165, 1.54) is 59.2 Å². The number of hydrogen-bond donors (Lipinski definition) is 0. The highest BCUT2D eigenvalue weighted by Gasteiger charge is 2.33. The van der Waals surface area contributed by atoms with Gasteiger partial charge in [-0.1, -0.05) is 117 Å². The third kappa shape index (κ3) is 4.12. The summed E-state index contributed by atoms with van der Waals surface area (Å²) in [5.74, 6) is 0. The third-order valence-corrected chi connectivity index (χ3v) is 10.7. The van der Waals surface area contributed by atoms with Crippen molar-refractivity contribution < 1.29 is 0 Å². The zero-order chi connectivity index (χ0) is 30.8. The first kappa shape index (κ1) is 27.1. The van der Waals surface area contributed by atoms with Crippen molar-refractivity contribution in [3.63, 3.8) is 0 Å². The van der Waals surface area contributed by atoms with E-state index < -0.39 is 0 Å². The number of nitrogens with zero attached hydrogens (tertiary/aromatic N) is 2. The van der Waals surface area contributed by atoms with Gasteiger partial charge in [-0.25, -0.2) is 0 Å². The molecule has 2 heterocycles. The standard InChI is InChI=1S/C43H32N2S/c1-43(2)36-19-11-12-20-40(36)46-41-28-33(22-24-37(41)43)44(30-14-5-3-6-15-30)32-23-26-38-35(27-32)42-34-18-10-9-13-29(34)21-25-39(42)45(38)31-16-7-4-8-17-31/h3-28H,1-2H3. The lowest BCUT2D eigenvalue weighted by Crippen LogP contribution is -2.24. The average Bonchev–Trinajstić information content (AvgIpc) is 3.43. The number of fused-ring (bicyclic) bond motifs is 7. The summed E-state index contributed by atoms with van der Waals surface area (Å²) >= 11 is 1.88. The number of anilines is 3. The maximum Gasteiger partial charge on any atom is 0.0547 e. The molecule has 0 fully saturated rings. The SMILES string of the molecule is CC1(C)c2ccccc2Sc2cc(N(c3ccccc3)c3ccc4c(c3)c3c5ccccc5ccc3n4-c3ccccc3)ccc21. The Labute approximate surface area is 273 Å². The van der Waals surface area contributed by atoms with Crippen LogP contribution < -0.4 is 4.90 Å². The molecule has 1 aliphatic rings. The smallest absolute Gasteiger partial charge is 0.0547 e. The lowest BCUT2D eigenvalue weighted by molar-refractivity contribution is 0.607. The fourth-order valence-corrected chi connectivity index (χ4v) is 8.81. The number of para-hydroxylation sites is 2. The average molecular weight is 609 g/mol. The van der Waals surface area contributed by atoms with Gasteiger partial charge in [-0.05, 0) is 88.6 Å².